The van der Waals surface area contributed by atoms with Gasteiger partial charge in [-0.25, -0.2) is 0 Å². The Balaban J connectivity index is 2.19. The standard InChI is InChI=1S/C22H26ClNO4/c1-14(2)21(16-7-9-17(23)10-8-16)24-20(25)11-6-15-12-18(26-3)22(28-5)19(13-15)27-4/h6-14,21H,1-5H3,(H,24,25)/b11-6+. The van der Waals surface area contributed by atoms with Gasteiger partial charge in [0.25, 0.3) is 0 Å². The molecular weight excluding hydrogens is 378 g/mol. The van der Waals surface area contributed by atoms with Gasteiger partial charge in [-0.05, 0) is 47.4 Å². The molecule has 0 heterocycles. The number of carbonyl (C=O) groups is 1. The molecule has 1 unspecified atom stereocenters. The number of benzene rings is 2. The lowest BCUT2D eigenvalue weighted by atomic mass is 9.96. The normalized spacial score (nSPS) is 12.1. The zero-order valence-electron chi connectivity index (χ0n) is 16.8. The van der Waals surface area contributed by atoms with Gasteiger partial charge in [0.15, 0.2) is 11.5 Å². The van der Waals surface area contributed by atoms with Crippen LogP contribution in [0.4, 0.5) is 0 Å². The third-order valence-electron chi connectivity index (χ3n) is 4.31. The van der Waals surface area contributed by atoms with Crippen LogP contribution in [-0.4, -0.2) is 27.2 Å². The summed E-state index contributed by atoms with van der Waals surface area (Å²) in [4.78, 5) is 12.5. The maximum Gasteiger partial charge on any atom is 0.244 e. The van der Waals surface area contributed by atoms with E-state index in [1.807, 2.05) is 24.3 Å². The number of nitrogens with one attached hydrogen (secondary N) is 1. The summed E-state index contributed by atoms with van der Waals surface area (Å²) in [5.74, 6) is 1.60. The van der Waals surface area contributed by atoms with Gasteiger partial charge in [-0.2, -0.15) is 0 Å². The minimum absolute atomic E-state index is 0.116. The topological polar surface area (TPSA) is 56.8 Å². The van der Waals surface area contributed by atoms with E-state index in [0.29, 0.717) is 22.3 Å². The van der Waals surface area contributed by atoms with Crippen LogP contribution in [0.15, 0.2) is 42.5 Å². The van der Waals surface area contributed by atoms with E-state index in [-0.39, 0.29) is 17.9 Å². The van der Waals surface area contributed by atoms with Crippen molar-refractivity contribution in [1.29, 1.82) is 0 Å². The summed E-state index contributed by atoms with van der Waals surface area (Å²) in [5.41, 5.74) is 1.77. The van der Waals surface area contributed by atoms with Gasteiger partial charge in [-0.1, -0.05) is 37.6 Å². The first-order chi connectivity index (χ1) is 13.4. The van der Waals surface area contributed by atoms with E-state index >= 15 is 0 Å². The Bertz CT molecular complexity index is 806. The Kier molecular flexibility index (Phi) is 7.76. The highest BCUT2D eigenvalue weighted by Gasteiger charge is 2.17. The van der Waals surface area contributed by atoms with Crippen molar-refractivity contribution in [1.82, 2.24) is 5.32 Å². The summed E-state index contributed by atoms with van der Waals surface area (Å²) in [7, 11) is 4.65. The second-order valence-corrected chi connectivity index (χ2v) is 7.01. The predicted molar refractivity (Wildman–Crippen MR) is 112 cm³/mol. The Morgan fingerprint density at radius 2 is 1.57 bits per heavy atom. The molecule has 0 aliphatic rings. The molecule has 0 saturated carbocycles. The largest absolute Gasteiger partial charge is 0.493 e. The Labute approximate surface area is 171 Å². The Hall–Kier alpha value is -2.66. The minimum Gasteiger partial charge on any atom is -0.493 e. The number of hydrogen-bond donors (Lipinski definition) is 1. The highest BCUT2D eigenvalue weighted by Crippen LogP contribution is 2.38. The zero-order chi connectivity index (χ0) is 20.7. The Morgan fingerprint density at radius 1 is 1.00 bits per heavy atom. The lowest BCUT2D eigenvalue weighted by Crippen LogP contribution is -2.30. The van der Waals surface area contributed by atoms with Crippen molar-refractivity contribution in [3.8, 4) is 17.2 Å². The Morgan fingerprint density at radius 3 is 2.04 bits per heavy atom. The molecule has 2 aromatic carbocycles. The molecule has 0 aliphatic carbocycles. The molecule has 1 N–H and O–H groups in total. The van der Waals surface area contributed by atoms with Crippen molar-refractivity contribution < 1.29 is 19.0 Å². The van der Waals surface area contributed by atoms with E-state index in [4.69, 9.17) is 25.8 Å². The van der Waals surface area contributed by atoms with Crippen LogP contribution in [0.3, 0.4) is 0 Å². The van der Waals surface area contributed by atoms with E-state index in [2.05, 4.69) is 19.2 Å². The summed E-state index contributed by atoms with van der Waals surface area (Å²) in [5, 5.41) is 3.71. The van der Waals surface area contributed by atoms with Gasteiger partial charge in [-0.15, -0.1) is 0 Å². The molecule has 0 radical (unpaired) electrons. The van der Waals surface area contributed by atoms with Gasteiger partial charge in [0.05, 0.1) is 27.4 Å². The number of ether oxygens (including phenoxy) is 3. The number of carbonyl (C=O) groups excluding carboxylic acids is 1. The maximum atomic E-state index is 12.5. The molecule has 28 heavy (non-hydrogen) atoms. The van der Waals surface area contributed by atoms with Gasteiger partial charge >= 0.3 is 0 Å². The van der Waals surface area contributed by atoms with Crippen molar-refractivity contribution in [2.24, 2.45) is 5.92 Å². The average Bonchev–Trinajstić information content (AvgIpc) is 2.70. The molecule has 0 saturated heterocycles. The number of amides is 1. The number of rotatable bonds is 8. The van der Waals surface area contributed by atoms with Crippen molar-refractivity contribution in [3.05, 3.63) is 58.6 Å². The first-order valence-corrected chi connectivity index (χ1v) is 9.31. The molecule has 5 nitrogen and oxygen atoms in total. The number of halogens is 1. The molecule has 6 heteroatoms. The quantitative estimate of drug-likeness (QED) is 0.637. The summed E-state index contributed by atoms with van der Waals surface area (Å²) in [6.45, 7) is 4.12. The van der Waals surface area contributed by atoms with E-state index in [1.54, 1.807) is 39.5 Å². The average molecular weight is 404 g/mol. The van der Waals surface area contributed by atoms with Gasteiger partial charge in [0.1, 0.15) is 0 Å². The summed E-state index contributed by atoms with van der Waals surface area (Å²) >= 11 is 5.96. The first kappa shape index (κ1) is 21.6. The molecular formula is C22H26ClNO4. The fourth-order valence-electron chi connectivity index (χ4n) is 2.88. The van der Waals surface area contributed by atoms with Crippen LogP contribution in [0.5, 0.6) is 17.2 Å². The van der Waals surface area contributed by atoms with Gasteiger partial charge in [-0.3, -0.25) is 4.79 Å². The van der Waals surface area contributed by atoms with Crippen LogP contribution >= 0.6 is 11.6 Å². The fourth-order valence-corrected chi connectivity index (χ4v) is 3.00. The molecule has 0 aliphatic heterocycles. The van der Waals surface area contributed by atoms with Gasteiger partial charge < -0.3 is 19.5 Å². The second kappa shape index (κ2) is 10.0. The number of methoxy groups -OCH3 is 3. The molecule has 150 valence electrons. The molecule has 2 aromatic rings. The van der Waals surface area contributed by atoms with Crippen LogP contribution in [0.1, 0.15) is 31.0 Å². The zero-order valence-corrected chi connectivity index (χ0v) is 17.5. The van der Waals surface area contributed by atoms with Crippen LogP contribution in [0.25, 0.3) is 6.08 Å². The van der Waals surface area contributed by atoms with Crippen molar-refractivity contribution in [2.75, 3.05) is 21.3 Å². The minimum atomic E-state index is -0.192. The molecule has 0 aromatic heterocycles. The summed E-state index contributed by atoms with van der Waals surface area (Å²) < 4.78 is 16.0. The highest BCUT2D eigenvalue weighted by atomic mass is 35.5. The molecule has 0 spiro atoms. The molecule has 0 fully saturated rings. The van der Waals surface area contributed by atoms with Crippen LogP contribution in [0.2, 0.25) is 5.02 Å². The van der Waals surface area contributed by atoms with Gasteiger partial charge in [0, 0.05) is 11.1 Å². The fraction of sp³-hybridized carbons (Fsp3) is 0.318. The van der Waals surface area contributed by atoms with E-state index in [0.717, 1.165) is 11.1 Å². The molecule has 0 bridgehead atoms. The number of hydrogen-bond acceptors (Lipinski definition) is 4. The summed E-state index contributed by atoms with van der Waals surface area (Å²) in [6, 6.07) is 10.9. The highest BCUT2D eigenvalue weighted by molar-refractivity contribution is 6.30. The maximum absolute atomic E-state index is 12.5. The SMILES string of the molecule is COc1cc(/C=C/C(=O)NC(c2ccc(Cl)cc2)C(C)C)cc(OC)c1OC. The van der Waals surface area contributed by atoms with Crippen LogP contribution in [-0.2, 0) is 4.79 Å². The summed E-state index contributed by atoms with van der Waals surface area (Å²) in [6.07, 6.45) is 3.20. The van der Waals surface area contributed by atoms with E-state index in [9.17, 15) is 4.79 Å². The second-order valence-electron chi connectivity index (χ2n) is 6.57. The van der Waals surface area contributed by atoms with E-state index in [1.165, 1.54) is 6.08 Å². The predicted octanol–water partition coefficient (Wildman–Crippen LogP) is 4.89. The van der Waals surface area contributed by atoms with Crippen molar-refractivity contribution in [2.45, 2.75) is 19.9 Å². The van der Waals surface area contributed by atoms with Gasteiger partial charge in [0.2, 0.25) is 11.7 Å². The lowest BCUT2D eigenvalue weighted by Gasteiger charge is -2.22. The van der Waals surface area contributed by atoms with Crippen molar-refractivity contribution >= 4 is 23.6 Å². The van der Waals surface area contributed by atoms with Crippen LogP contribution < -0.4 is 19.5 Å². The smallest absolute Gasteiger partial charge is 0.244 e. The molecule has 2 rings (SSSR count). The first-order valence-electron chi connectivity index (χ1n) is 8.93. The van der Waals surface area contributed by atoms with Crippen molar-refractivity contribution in [3.63, 3.8) is 0 Å². The third kappa shape index (κ3) is 5.42. The molecule has 1 amide bonds. The van der Waals surface area contributed by atoms with Crippen LogP contribution in [0, 0.1) is 5.92 Å². The monoisotopic (exact) mass is 403 g/mol. The molecule has 1 atom stereocenters. The lowest BCUT2D eigenvalue weighted by molar-refractivity contribution is -0.117. The van der Waals surface area contributed by atoms with E-state index < -0.39 is 0 Å². The third-order valence-corrected chi connectivity index (χ3v) is 4.56.